The lowest BCUT2D eigenvalue weighted by atomic mass is 9.99. The average Bonchev–Trinajstić information content (AvgIpc) is 3.13. The Morgan fingerprint density at radius 2 is 1.82 bits per heavy atom. The predicted molar refractivity (Wildman–Crippen MR) is 73.0 cm³/mol. The van der Waals surface area contributed by atoms with Gasteiger partial charge in [-0.1, -0.05) is 26.0 Å². The van der Waals surface area contributed by atoms with Gasteiger partial charge < -0.3 is 4.90 Å². The van der Waals surface area contributed by atoms with Gasteiger partial charge in [0.05, 0.1) is 0 Å². The van der Waals surface area contributed by atoms with E-state index in [1.54, 1.807) is 0 Å². The van der Waals surface area contributed by atoms with Crippen LogP contribution < -0.4 is 0 Å². The lowest BCUT2D eigenvalue weighted by Gasteiger charge is -2.31. The number of piperidine rings is 1. The summed E-state index contributed by atoms with van der Waals surface area (Å²) in [5, 5.41) is 0. The van der Waals surface area contributed by atoms with Gasteiger partial charge in [0.2, 0.25) is 0 Å². The minimum Gasteiger partial charge on any atom is -0.303 e. The highest BCUT2D eigenvalue weighted by Gasteiger charge is 2.42. The molecule has 0 bridgehead atoms. The van der Waals surface area contributed by atoms with Gasteiger partial charge in [0.1, 0.15) is 6.17 Å². The Bertz CT molecular complexity index is 225. The summed E-state index contributed by atoms with van der Waals surface area (Å²) >= 11 is 0. The molecule has 2 rings (SSSR count). The Morgan fingerprint density at radius 3 is 2.29 bits per heavy atom. The molecule has 2 heteroatoms. The number of hydrogen-bond donors (Lipinski definition) is 0. The van der Waals surface area contributed by atoms with E-state index in [1.807, 2.05) is 13.8 Å². The van der Waals surface area contributed by atoms with Gasteiger partial charge in [-0.3, -0.25) is 0 Å². The van der Waals surface area contributed by atoms with Crippen LogP contribution in [0.15, 0.2) is 12.2 Å². The fourth-order valence-corrected chi connectivity index (χ4v) is 2.51. The number of hydrogen-bond acceptors (Lipinski definition) is 1. The molecule has 17 heavy (non-hydrogen) atoms. The predicted octanol–water partition coefficient (Wildman–Crippen LogP) is 4.19. The van der Waals surface area contributed by atoms with Crippen molar-refractivity contribution in [2.24, 2.45) is 5.41 Å². The number of allylic oxidation sites excluding steroid dienone is 2. The average molecular weight is 241 g/mol. The first-order valence-corrected chi connectivity index (χ1v) is 7.22. The van der Waals surface area contributed by atoms with Crippen molar-refractivity contribution in [1.82, 2.24) is 4.90 Å². The van der Waals surface area contributed by atoms with Crippen LogP contribution in [0.4, 0.5) is 4.39 Å². The molecule has 1 saturated carbocycles. The summed E-state index contributed by atoms with van der Waals surface area (Å²) in [5.74, 6) is 0. The molecule has 0 radical (unpaired) electrons. The molecule has 0 N–H and O–H groups in total. The van der Waals surface area contributed by atoms with Crippen LogP contribution >= 0.6 is 0 Å². The molecular weight excluding hydrogens is 213 g/mol. The van der Waals surface area contributed by atoms with Crippen molar-refractivity contribution in [2.75, 3.05) is 19.6 Å². The lowest BCUT2D eigenvalue weighted by molar-refractivity contribution is 0.129. The maximum Gasteiger partial charge on any atom is 0.103 e. The number of nitrogens with zero attached hydrogens (tertiary/aromatic N) is 1. The van der Waals surface area contributed by atoms with Crippen LogP contribution in [-0.4, -0.2) is 30.7 Å². The van der Waals surface area contributed by atoms with Crippen LogP contribution in [0.3, 0.4) is 0 Å². The highest BCUT2D eigenvalue weighted by Crippen LogP contribution is 2.49. The van der Waals surface area contributed by atoms with Crippen molar-refractivity contribution in [2.45, 2.75) is 59.0 Å². The van der Waals surface area contributed by atoms with E-state index in [9.17, 15) is 4.39 Å². The van der Waals surface area contributed by atoms with E-state index in [4.69, 9.17) is 0 Å². The van der Waals surface area contributed by atoms with Gasteiger partial charge in [-0.05, 0) is 44.4 Å². The Kier molecular flexibility index (Phi) is 6.18. The normalized spacial score (nSPS) is 24.5. The minimum absolute atomic E-state index is 0.535. The van der Waals surface area contributed by atoms with E-state index < -0.39 is 6.17 Å². The summed E-state index contributed by atoms with van der Waals surface area (Å²) in [6.45, 7) is 9.23. The van der Waals surface area contributed by atoms with Crippen LogP contribution in [-0.2, 0) is 0 Å². The summed E-state index contributed by atoms with van der Waals surface area (Å²) in [6, 6.07) is 0. The van der Waals surface area contributed by atoms with Crippen molar-refractivity contribution in [1.29, 1.82) is 0 Å². The smallest absolute Gasteiger partial charge is 0.103 e. The molecule has 100 valence electrons. The second-order valence-electron chi connectivity index (χ2n) is 5.22. The summed E-state index contributed by atoms with van der Waals surface area (Å²) in [7, 11) is 0. The number of rotatable bonds is 4. The molecule has 2 aliphatic rings. The molecule has 1 aliphatic carbocycles. The highest BCUT2D eigenvalue weighted by atomic mass is 19.1. The minimum atomic E-state index is -0.535. The maximum absolute atomic E-state index is 13.0. The zero-order valence-corrected chi connectivity index (χ0v) is 11.7. The molecule has 0 spiro atoms. The largest absolute Gasteiger partial charge is 0.303 e. The highest BCUT2D eigenvalue weighted by molar-refractivity contribution is 5.01. The van der Waals surface area contributed by atoms with Gasteiger partial charge in [0.25, 0.3) is 0 Å². The topological polar surface area (TPSA) is 3.24 Å². The molecule has 0 aromatic heterocycles. The number of likely N-dealkylation sites (tertiary alicyclic amines) is 1. The summed E-state index contributed by atoms with van der Waals surface area (Å²) in [5.41, 5.74) is 0.565. The molecule has 1 heterocycles. The second kappa shape index (κ2) is 7.15. The van der Waals surface area contributed by atoms with E-state index in [0.29, 0.717) is 5.41 Å². The Hall–Kier alpha value is -0.370. The van der Waals surface area contributed by atoms with Crippen molar-refractivity contribution in [3.63, 3.8) is 0 Å². The lowest BCUT2D eigenvalue weighted by Crippen LogP contribution is -2.38. The van der Waals surface area contributed by atoms with Gasteiger partial charge >= 0.3 is 0 Å². The Balaban J connectivity index is 0.000000686. The molecule has 0 amide bonds. The van der Waals surface area contributed by atoms with Crippen molar-refractivity contribution >= 4 is 0 Å². The third kappa shape index (κ3) is 4.79. The fourth-order valence-electron chi connectivity index (χ4n) is 2.51. The number of alkyl halides is 1. The summed E-state index contributed by atoms with van der Waals surface area (Å²) < 4.78 is 13.0. The zero-order valence-electron chi connectivity index (χ0n) is 11.7. The molecule has 1 nitrogen and oxygen atoms in total. The molecule has 0 aromatic rings. The first-order chi connectivity index (χ1) is 8.24. The molecule has 2 fully saturated rings. The Labute approximate surface area is 106 Å². The van der Waals surface area contributed by atoms with Gasteiger partial charge in [0, 0.05) is 19.6 Å². The molecule has 0 unspecified atom stereocenters. The second-order valence-corrected chi connectivity index (χ2v) is 5.22. The maximum atomic E-state index is 13.0. The first kappa shape index (κ1) is 14.7. The van der Waals surface area contributed by atoms with Gasteiger partial charge in [-0.15, -0.1) is 0 Å². The molecule has 1 aliphatic heterocycles. The molecule has 1 saturated heterocycles. The van der Waals surface area contributed by atoms with E-state index >= 15 is 0 Å². The fraction of sp³-hybridized carbons (Fsp3) is 0.867. The van der Waals surface area contributed by atoms with Crippen LogP contribution in [0.1, 0.15) is 52.9 Å². The van der Waals surface area contributed by atoms with Crippen LogP contribution in [0.5, 0.6) is 0 Å². The Morgan fingerprint density at radius 1 is 1.24 bits per heavy atom. The van der Waals surface area contributed by atoms with Gasteiger partial charge in [-0.2, -0.15) is 0 Å². The molecule has 0 aromatic carbocycles. The summed E-state index contributed by atoms with van der Waals surface area (Å²) in [4.78, 5) is 2.46. The van der Waals surface area contributed by atoms with Gasteiger partial charge in [-0.25, -0.2) is 4.39 Å². The quantitative estimate of drug-likeness (QED) is 0.667. The van der Waals surface area contributed by atoms with Crippen LogP contribution in [0, 0.1) is 5.41 Å². The van der Waals surface area contributed by atoms with E-state index in [2.05, 4.69) is 24.0 Å². The van der Waals surface area contributed by atoms with E-state index in [0.717, 1.165) is 25.9 Å². The van der Waals surface area contributed by atoms with Crippen LogP contribution in [0.2, 0.25) is 0 Å². The molecule has 0 atom stereocenters. The van der Waals surface area contributed by atoms with E-state index in [-0.39, 0.29) is 0 Å². The SMILES string of the molecule is C/C=C\CC1(CN2CCC(F)CC2)CC1.CC. The zero-order chi connectivity index (χ0) is 12.7. The number of halogens is 1. The summed E-state index contributed by atoms with van der Waals surface area (Å²) in [6.07, 6.45) is 9.35. The standard InChI is InChI=1S/C13H22FN.C2H6/c1-2-3-6-13(7-8-13)11-15-9-4-12(14)5-10-15;1-2/h2-3,12H,4-11H2,1H3;1-2H3/b3-2-;. The molecular formula is C15H28FN. The third-order valence-electron chi connectivity index (χ3n) is 3.82. The third-order valence-corrected chi connectivity index (χ3v) is 3.82. The monoisotopic (exact) mass is 241 g/mol. The van der Waals surface area contributed by atoms with Gasteiger partial charge in [0.15, 0.2) is 0 Å². The first-order valence-electron chi connectivity index (χ1n) is 7.22. The van der Waals surface area contributed by atoms with Crippen molar-refractivity contribution < 1.29 is 4.39 Å². The van der Waals surface area contributed by atoms with E-state index in [1.165, 1.54) is 25.8 Å². The van der Waals surface area contributed by atoms with Crippen molar-refractivity contribution in [3.8, 4) is 0 Å². The van der Waals surface area contributed by atoms with Crippen LogP contribution in [0.25, 0.3) is 0 Å². The van der Waals surface area contributed by atoms with Crippen molar-refractivity contribution in [3.05, 3.63) is 12.2 Å².